The number of nitrogens with zero attached hydrogens (tertiary/aromatic N) is 2. The van der Waals surface area contributed by atoms with Crippen molar-refractivity contribution in [3.8, 4) is 6.07 Å². The predicted molar refractivity (Wildman–Crippen MR) is 116 cm³/mol. The van der Waals surface area contributed by atoms with E-state index >= 15 is 0 Å². The first-order valence-electron chi connectivity index (χ1n) is 10.1. The van der Waals surface area contributed by atoms with Gasteiger partial charge in [-0.15, -0.1) is 0 Å². The van der Waals surface area contributed by atoms with Gasteiger partial charge in [-0.1, -0.05) is 76.6 Å². The molecule has 1 aliphatic heterocycles. The Morgan fingerprint density at radius 1 is 1.35 bits per heavy atom. The van der Waals surface area contributed by atoms with E-state index in [-0.39, 0.29) is 17.4 Å². The van der Waals surface area contributed by atoms with Gasteiger partial charge in [-0.05, 0) is 48.9 Å². The maximum absolute atomic E-state index is 13.3. The second kappa shape index (κ2) is 8.20. The number of allylic oxidation sites excluding steroid dienone is 1. The van der Waals surface area contributed by atoms with Gasteiger partial charge in [0.05, 0.1) is 0 Å². The van der Waals surface area contributed by atoms with E-state index in [0.717, 1.165) is 18.9 Å². The molecular weight excluding hydrogens is 435 g/mol. The number of fused-ring (bicyclic) bond motifs is 1. The van der Waals surface area contributed by atoms with E-state index < -0.39 is 0 Å². The van der Waals surface area contributed by atoms with Crippen molar-refractivity contribution < 1.29 is 4.79 Å². The third-order valence-electron chi connectivity index (χ3n) is 5.95. The van der Waals surface area contributed by atoms with Crippen molar-refractivity contribution in [1.29, 1.82) is 5.26 Å². The van der Waals surface area contributed by atoms with E-state index in [1.807, 2.05) is 31.7 Å². The molecule has 0 aromatic heterocycles. The van der Waals surface area contributed by atoms with Crippen LogP contribution < -0.4 is 0 Å². The summed E-state index contributed by atoms with van der Waals surface area (Å²) in [6.45, 7) is 13.8. The lowest BCUT2D eigenvalue weighted by Gasteiger charge is -2.48. The molecule has 2 aliphatic rings. The topological polar surface area (TPSA) is 44.1 Å². The van der Waals surface area contributed by atoms with Gasteiger partial charge in [0.25, 0.3) is 5.91 Å². The molecule has 2 fully saturated rings. The molecule has 3 nitrogen and oxygen atoms in total. The van der Waals surface area contributed by atoms with Crippen LogP contribution in [0.3, 0.4) is 0 Å². The summed E-state index contributed by atoms with van der Waals surface area (Å²) in [7, 11) is 0. The molecule has 1 saturated heterocycles. The number of likely N-dealkylation sites (tertiary alicyclic amines) is 1. The van der Waals surface area contributed by atoms with E-state index in [1.165, 1.54) is 25.7 Å². The summed E-state index contributed by atoms with van der Waals surface area (Å²) in [5.41, 5.74) is 0.141. The summed E-state index contributed by atoms with van der Waals surface area (Å²) in [6.07, 6.45) is 7.96. The Hall–Kier alpha value is -0.570. The second-order valence-electron chi connectivity index (χ2n) is 9.99. The van der Waals surface area contributed by atoms with Crippen LogP contribution in [0.4, 0.5) is 0 Å². The smallest absolute Gasteiger partial charge is 0.264 e. The molecule has 0 bridgehead atoms. The van der Waals surface area contributed by atoms with Crippen LogP contribution in [0.25, 0.3) is 0 Å². The molecular formula is C22H35IN2O. The largest absolute Gasteiger partial charge is 0.334 e. The monoisotopic (exact) mass is 470 g/mol. The number of nitriles is 1. The van der Waals surface area contributed by atoms with Crippen LogP contribution in [-0.2, 0) is 4.79 Å². The van der Waals surface area contributed by atoms with Gasteiger partial charge >= 0.3 is 0 Å². The lowest BCUT2D eigenvalue weighted by molar-refractivity contribution is -0.135. The van der Waals surface area contributed by atoms with E-state index in [0.29, 0.717) is 20.8 Å². The van der Waals surface area contributed by atoms with E-state index in [4.69, 9.17) is 0 Å². The molecule has 26 heavy (non-hydrogen) atoms. The fourth-order valence-corrected chi connectivity index (χ4v) is 5.86. The molecule has 1 saturated carbocycles. The SMILES string of the molecule is CC(C)C1C2CC(C)(I)CCCC2CCN1C(=O)/C(C#N)=C/C(C)(C)C. The minimum Gasteiger partial charge on any atom is -0.334 e. The van der Waals surface area contributed by atoms with Crippen LogP contribution in [0, 0.1) is 34.5 Å². The van der Waals surface area contributed by atoms with Crippen LogP contribution in [-0.4, -0.2) is 26.8 Å². The molecule has 0 spiro atoms. The Labute approximate surface area is 173 Å². The van der Waals surface area contributed by atoms with Crippen LogP contribution in [0.15, 0.2) is 11.6 Å². The third kappa shape index (κ3) is 5.24. The summed E-state index contributed by atoms with van der Waals surface area (Å²) in [5, 5.41) is 9.61. The first-order valence-corrected chi connectivity index (χ1v) is 11.2. The van der Waals surface area contributed by atoms with Crippen molar-refractivity contribution in [2.45, 2.75) is 83.1 Å². The summed E-state index contributed by atoms with van der Waals surface area (Å²) in [4.78, 5) is 15.3. The quantitative estimate of drug-likeness (QED) is 0.224. The Kier molecular flexibility index (Phi) is 6.86. The average molecular weight is 470 g/mol. The zero-order valence-corrected chi connectivity index (χ0v) is 19.5. The number of carbonyl (C=O) groups excluding carboxylic acids is 1. The first-order chi connectivity index (χ1) is 11.9. The van der Waals surface area contributed by atoms with Crippen molar-refractivity contribution >= 4 is 28.5 Å². The van der Waals surface area contributed by atoms with E-state index in [2.05, 4.69) is 49.4 Å². The predicted octanol–water partition coefficient (Wildman–Crippen LogP) is 5.74. The highest BCUT2D eigenvalue weighted by Crippen LogP contribution is 2.47. The van der Waals surface area contributed by atoms with Crippen LogP contribution in [0.2, 0.25) is 0 Å². The lowest BCUT2D eigenvalue weighted by atomic mass is 9.72. The Morgan fingerprint density at radius 3 is 2.54 bits per heavy atom. The van der Waals surface area contributed by atoms with Crippen molar-refractivity contribution in [2.75, 3.05) is 6.54 Å². The molecule has 1 aliphatic carbocycles. The van der Waals surface area contributed by atoms with Crippen molar-refractivity contribution in [1.82, 2.24) is 4.90 Å². The molecule has 1 heterocycles. The maximum atomic E-state index is 13.3. The average Bonchev–Trinajstić information content (AvgIpc) is 2.66. The molecule has 1 amide bonds. The molecule has 146 valence electrons. The molecule has 0 radical (unpaired) electrons. The molecule has 2 rings (SSSR count). The minimum absolute atomic E-state index is 0.0565. The summed E-state index contributed by atoms with van der Waals surface area (Å²) >= 11 is 2.63. The fraction of sp³-hybridized carbons (Fsp3) is 0.818. The number of carbonyl (C=O) groups is 1. The summed E-state index contributed by atoms with van der Waals surface area (Å²) in [6, 6.07) is 2.43. The zero-order valence-electron chi connectivity index (χ0n) is 17.3. The maximum Gasteiger partial charge on any atom is 0.264 e. The summed E-state index contributed by atoms with van der Waals surface area (Å²) in [5.74, 6) is 1.62. The minimum atomic E-state index is -0.171. The number of halogens is 1. The highest BCUT2D eigenvalue weighted by molar-refractivity contribution is 14.1. The Morgan fingerprint density at radius 2 is 2.00 bits per heavy atom. The van der Waals surface area contributed by atoms with Gasteiger partial charge < -0.3 is 4.90 Å². The van der Waals surface area contributed by atoms with Gasteiger partial charge in [0.15, 0.2) is 0 Å². The highest BCUT2D eigenvalue weighted by Gasteiger charge is 2.45. The fourth-order valence-electron chi connectivity index (χ4n) is 4.97. The number of hydrogen-bond acceptors (Lipinski definition) is 2. The first kappa shape index (κ1) is 21.7. The number of piperidine rings is 1. The van der Waals surface area contributed by atoms with Crippen LogP contribution in [0.5, 0.6) is 0 Å². The molecule has 0 aromatic carbocycles. The van der Waals surface area contributed by atoms with Crippen molar-refractivity contribution in [3.63, 3.8) is 0 Å². The number of alkyl halides is 1. The van der Waals surface area contributed by atoms with E-state index in [1.54, 1.807) is 0 Å². The van der Waals surface area contributed by atoms with Gasteiger partial charge in [0.2, 0.25) is 0 Å². The zero-order chi connectivity index (χ0) is 19.7. The second-order valence-corrected chi connectivity index (χ2v) is 12.6. The van der Waals surface area contributed by atoms with Gasteiger partial charge in [-0.25, -0.2) is 0 Å². The van der Waals surface area contributed by atoms with Crippen molar-refractivity contribution in [3.05, 3.63) is 11.6 Å². The Balaban J connectivity index is 2.35. The Bertz CT molecular complexity index is 594. The molecule has 4 unspecified atom stereocenters. The van der Waals surface area contributed by atoms with Crippen molar-refractivity contribution in [2.24, 2.45) is 23.2 Å². The molecule has 0 N–H and O–H groups in total. The third-order valence-corrected chi connectivity index (χ3v) is 6.93. The summed E-state index contributed by atoms with van der Waals surface area (Å²) < 4.78 is 0.315. The highest BCUT2D eigenvalue weighted by atomic mass is 127. The van der Waals surface area contributed by atoms with Crippen LogP contribution >= 0.6 is 22.6 Å². The number of amides is 1. The standard InChI is InChI=1S/C22H35IN2O/c1-15(2)19-18-13-22(6,23)10-7-8-16(18)9-11-25(19)20(26)17(14-24)12-21(3,4)5/h12,15-16,18-19H,7-11,13H2,1-6H3/b17-12+. The van der Waals surface area contributed by atoms with Gasteiger partial charge in [0, 0.05) is 16.0 Å². The molecule has 0 aromatic rings. The van der Waals surface area contributed by atoms with Gasteiger partial charge in [-0.2, -0.15) is 5.26 Å². The van der Waals surface area contributed by atoms with Crippen LogP contribution in [0.1, 0.15) is 73.6 Å². The van der Waals surface area contributed by atoms with Gasteiger partial charge in [-0.3, -0.25) is 4.79 Å². The van der Waals surface area contributed by atoms with E-state index in [9.17, 15) is 10.1 Å². The number of rotatable bonds is 2. The normalized spacial score (nSPS) is 33.4. The molecule has 4 heteroatoms. The lowest BCUT2D eigenvalue weighted by Crippen LogP contribution is -2.55. The molecule has 4 atom stereocenters. The van der Waals surface area contributed by atoms with Gasteiger partial charge in [0.1, 0.15) is 11.6 Å². The number of hydrogen-bond donors (Lipinski definition) is 0.